The third-order valence-corrected chi connectivity index (χ3v) is 4.92. The molecule has 2 aromatic rings. The number of rotatable bonds is 4. The van der Waals surface area contributed by atoms with E-state index in [1.807, 2.05) is 30.3 Å². The van der Waals surface area contributed by atoms with E-state index in [0.29, 0.717) is 10.2 Å². The molecule has 1 atom stereocenters. The van der Waals surface area contributed by atoms with Crippen LogP contribution < -0.4 is 10.1 Å². The molecule has 140 valence electrons. The molecule has 0 radical (unpaired) electrons. The summed E-state index contributed by atoms with van der Waals surface area (Å²) < 4.78 is 19.4. The van der Waals surface area contributed by atoms with Crippen molar-refractivity contribution < 1.29 is 18.7 Å². The van der Waals surface area contributed by atoms with Gasteiger partial charge in [0.15, 0.2) is 5.75 Å². The van der Waals surface area contributed by atoms with Gasteiger partial charge in [-0.25, -0.2) is 4.39 Å². The van der Waals surface area contributed by atoms with E-state index in [9.17, 15) is 14.0 Å². The normalized spacial score (nSPS) is 15.3. The maximum atomic E-state index is 13.7. The molecule has 0 aliphatic carbocycles. The summed E-state index contributed by atoms with van der Waals surface area (Å²) in [4.78, 5) is 26.2. The maximum Gasteiger partial charge on any atom is 0.226 e. The van der Waals surface area contributed by atoms with Crippen molar-refractivity contribution in [1.29, 1.82) is 0 Å². The number of benzene rings is 2. The Balaban J connectivity index is 1.86. The number of hydrogen-bond donors (Lipinski definition) is 1. The summed E-state index contributed by atoms with van der Waals surface area (Å²) in [5, 5.41) is 2.68. The van der Waals surface area contributed by atoms with Gasteiger partial charge in [0.25, 0.3) is 0 Å². The molecule has 7 heteroatoms. The second-order valence-electron chi connectivity index (χ2n) is 6.11. The predicted octanol–water partition coefficient (Wildman–Crippen LogP) is 4.50. The fraction of sp³-hybridized carbons (Fsp3) is 0.200. The highest BCUT2D eigenvalue weighted by molar-refractivity contribution is 9.10. The molecule has 0 saturated heterocycles. The van der Waals surface area contributed by atoms with Crippen LogP contribution in [0.5, 0.6) is 5.75 Å². The second-order valence-corrected chi connectivity index (χ2v) is 6.96. The Morgan fingerprint density at radius 3 is 2.74 bits per heavy atom. The van der Waals surface area contributed by atoms with E-state index in [-0.39, 0.29) is 23.9 Å². The van der Waals surface area contributed by atoms with E-state index < -0.39 is 11.9 Å². The molecule has 1 aliphatic heterocycles. The number of carbonyl (C=O) groups excluding carboxylic acids is 2. The number of carbonyl (C=O) groups is 2. The molecule has 27 heavy (non-hydrogen) atoms. The molecule has 0 aromatic heterocycles. The number of nitrogens with zero attached hydrogens (tertiary/aromatic N) is 1. The quantitative estimate of drug-likeness (QED) is 0.773. The molecule has 0 bridgehead atoms. The number of nitrogens with one attached hydrogen (secondary N) is 1. The average Bonchev–Trinajstić information content (AvgIpc) is 2.61. The summed E-state index contributed by atoms with van der Waals surface area (Å²) >= 11 is 3.22. The number of hydrogen-bond acceptors (Lipinski definition) is 3. The molecule has 1 heterocycles. The van der Waals surface area contributed by atoms with Crippen LogP contribution in [0.1, 0.15) is 30.5 Å². The summed E-state index contributed by atoms with van der Waals surface area (Å²) in [6.07, 6.45) is 3.55. The first kappa shape index (κ1) is 19.1. The van der Waals surface area contributed by atoms with Gasteiger partial charge in [-0.2, -0.15) is 0 Å². The van der Waals surface area contributed by atoms with Crippen molar-refractivity contribution in [2.24, 2.45) is 0 Å². The van der Waals surface area contributed by atoms with Gasteiger partial charge in [-0.1, -0.05) is 24.3 Å². The van der Waals surface area contributed by atoms with E-state index in [4.69, 9.17) is 4.74 Å². The Hall–Kier alpha value is -2.67. The lowest BCUT2D eigenvalue weighted by Gasteiger charge is -2.32. The van der Waals surface area contributed by atoms with Gasteiger partial charge < -0.3 is 15.0 Å². The molecular formula is C20H18BrFN2O3. The van der Waals surface area contributed by atoms with Crippen LogP contribution in [0.25, 0.3) is 6.08 Å². The average molecular weight is 433 g/mol. The largest absolute Gasteiger partial charge is 0.493 e. The molecule has 3 rings (SSSR count). The van der Waals surface area contributed by atoms with Gasteiger partial charge in [0.2, 0.25) is 11.8 Å². The number of amides is 2. The minimum atomic E-state index is -0.505. The van der Waals surface area contributed by atoms with Crippen molar-refractivity contribution in [2.75, 3.05) is 12.4 Å². The van der Waals surface area contributed by atoms with Crippen LogP contribution in [-0.4, -0.2) is 23.8 Å². The fourth-order valence-electron chi connectivity index (χ4n) is 3.15. The van der Waals surface area contributed by atoms with Gasteiger partial charge in [0.1, 0.15) is 5.82 Å². The lowest BCUT2D eigenvalue weighted by molar-refractivity contribution is -0.129. The highest BCUT2D eigenvalue weighted by Crippen LogP contribution is 2.36. The van der Waals surface area contributed by atoms with E-state index >= 15 is 0 Å². The molecule has 0 saturated carbocycles. The summed E-state index contributed by atoms with van der Waals surface area (Å²) in [6, 6.07) is 9.61. The van der Waals surface area contributed by atoms with Crippen molar-refractivity contribution in [1.82, 2.24) is 4.90 Å². The minimum absolute atomic E-state index is 0.0260. The molecule has 0 fully saturated rings. The van der Waals surface area contributed by atoms with Crippen LogP contribution in [-0.2, 0) is 9.59 Å². The molecule has 0 spiro atoms. The van der Waals surface area contributed by atoms with Crippen LogP contribution in [0.4, 0.5) is 10.1 Å². The summed E-state index contributed by atoms with van der Waals surface area (Å²) in [5.41, 5.74) is 2.07. The van der Waals surface area contributed by atoms with Crippen LogP contribution in [0, 0.1) is 5.82 Å². The highest BCUT2D eigenvalue weighted by Gasteiger charge is 2.28. The van der Waals surface area contributed by atoms with Gasteiger partial charge in [-0.3, -0.25) is 9.59 Å². The van der Waals surface area contributed by atoms with Crippen molar-refractivity contribution in [3.63, 3.8) is 0 Å². The highest BCUT2D eigenvalue weighted by atomic mass is 79.9. The standard InChI is InChI=1S/C20H18BrFN2O3/c1-12(25)24-8-7-13-5-3-4-6-15(13)18(24)11-19(26)23-17-10-14(22)9-16(21)20(17)27-2/h3-10,18H,11H2,1-2H3,(H,23,26)/t18-/m0/s1. The van der Waals surface area contributed by atoms with Gasteiger partial charge in [-0.05, 0) is 39.2 Å². The Kier molecular flexibility index (Phi) is 5.60. The zero-order valence-corrected chi connectivity index (χ0v) is 16.4. The third-order valence-electron chi connectivity index (χ3n) is 4.33. The first-order chi connectivity index (χ1) is 12.9. The van der Waals surface area contributed by atoms with Crippen molar-refractivity contribution in [3.8, 4) is 5.75 Å². The summed E-state index contributed by atoms with van der Waals surface area (Å²) in [5.74, 6) is -0.691. The second kappa shape index (κ2) is 7.92. The van der Waals surface area contributed by atoms with E-state index in [1.165, 1.54) is 31.1 Å². The Morgan fingerprint density at radius 1 is 1.30 bits per heavy atom. The van der Waals surface area contributed by atoms with Crippen molar-refractivity contribution in [2.45, 2.75) is 19.4 Å². The molecule has 2 amide bonds. The monoisotopic (exact) mass is 432 g/mol. The zero-order chi connectivity index (χ0) is 19.6. The molecular weight excluding hydrogens is 415 g/mol. The van der Waals surface area contributed by atoms with Gasteiger partial charge >= 0.3 is 0 Å². The van der Waals surface area contributed by atoms with Crippen molar-refractivity contribution >= 4 is 39.5 Å². The van der Waals surface area contributed by atoms with Gasteiger partial charge in [-0.15, -0.1) is 0 Å². The Bertz CT molecular complexity index is 929. The van der Waals surface area contributed by atoms with Gasteiger partial charge in [0, 0.05) is 19.2 Å². The van der Waals surface area contributed by atoms with Crippen LogP contribution in [0.15, 0.2) is 47.1 Å². The van der Waals surface area contributed by atoms with Crippen LogP contribution in [0.2, 0.25) is 0 Å². The first-order valence-corrected chi connectivity index (χ1v) is 9.09. The number of ether oxygens (including phenoxy) is 1. The molecule has 5 nitrogen and oxygen atoms in total. The smallest absolute Gasteiger partial charge is 0.226 e. The number of halogens is 2. The number of methoxy groups -OCH3 is 1. The number of anilines is 1. The van der Waals surface area contributed by atoms with E-state index in [0.717, 1.165) is 11.1 Å². The lowest BCUT2D eigenvalue weighted by Crippen LogP contribution is -2.33. The summed E-state index contributed by atoms with van der Waals surface area (Å²) in [7, 11) is 1.44. The third kappa shape index (κ3) is 4.03. The van der Waals surface area contributed by atoms with Gasteiger partial charge in [0.05, 0.1) is 29.7 Å². The summed E-state index contributed by atoms with van der Waals surface area (Å²) in [6.45, 7) is 1.45. The first-order valence-electron chi connectivity index (χ1n) is 8.29. The zero-order valence-electron chi connectivity index (χ0n) is 14.8. The molecule has 2 aromatic carbocycles. The SMILES string of the molecule is COc1c(Br)cc(F)cc1NC(=O)C[C@H]1c2ccccc2C=CN1C(C)=O. The van der Waals surface area contributed by atoms with E-state index in [2.05, 4.69) is 21.2 Å². The number of fused-ring (bicyclic) bond motifs is 1. The topological polar surface area (TPSA) is 58.6 Å². The Morgan fingerprint density at radius 2 is 2.04 bits per heavy atom. The van der Waals surface area contributed by atoms with Crippen LogP contribution in [0.3, 0.4) is 0 Å². The molecule has 0 unspecified atom stereocenters. The maximum absolute atomic E-state index is 13.7. The minimum Gasteiger partial charge on any atom is -0.493 e. The Labute approximate surface area is 164 Å². The predicted molar refractivity (Wildman–Crippen MR) is 105 cm³/mol. The molecule has 1 N–H and O–H groups in total. The van der Waals surface area contributed by atoms with Crippen molar-refractivity contribution in [3.05, 3.63) is 64.0 Å². The lowest BCUT2D eigenvalue weighted by atomic mass is 9.93. The fourth-order valence-corrected chi connectivity index (χ4v) is 3.74. The van der Waals surface area contributed by atoms with Crippen LogP contribution >= 0.6 is 15.9 Å². The van der Waals surface area contributed by atoms with E-state index in [1.54, 1.807) is 6.20 Å². The molecule has 1 aliphatic rings.